The highest BCUT2D eigenvalue weighted by Crippen LogP contribution is 2.28. The van der Waals surface area contributed by atoms with Crippen LogP contribution in [0.4, 0.5) is 24.7 Å². The van der Waals surface area contributed by atoms with Gasteiger partial charge in [0, 0.05) is 6.54 Å². The zero-order valence-electron chi connectivity index (χ0n) is 9.11. The van der Waals surface area contributed by atoms with Crippen LogP contribution in [0, 0.1) is 10.1 Å². The van der Waals surface area contributed by atoms with Gasteiger partial charge in [-0.1, -0.05) is 0 Å². The molecule has 18 heavy (non-hydrogen) atoms. The number of anilines is 1. The van der Waals surface area contributed by atoms with E-state index < -0.39 is 29.1 Å². The van der Waals surface area contributed by atoms with Crippen LogP contribution >= 0.6 is 11.6 Å². The fraction of sp³-hybridized carbons (Fsp3) is 0.500. The summed E-state index contributed by atoms with van der Waals surface area (Å²) in [6, 6.07) is 0. The van der Waals surface area contributed by atoms with E-state index >= 15 is 0 Å². The summed E-state index contributed by atoms with van der Waals surface area (Å²) in [7, 11) is 0. The summed E-state index contributed by atoms with van der Waals surface area (Å²) < 4.78 is 37.0. The van der Waals surface area contributed by atoms with Gasteiger partial charge in [0.15, 0.2) is 0 Å². The van der Waals surface area contributed by atoms with E-state index in [1.807, 2.05) is 0 Å². The van der Waals surface area contributed by atoms with Gasteiger partial charge >= 0.3 is 11.9 Å². The largest absolute Gasteiger partial charge is 0.405 e. The summed E-state index contributed by atoms with van der Waals surface area (Å²) in [6.45, 7) is -0.0309. The predicted octanol–water partition coefficient (Wildman–Crippen LogP) is 2.43. The Morgan fingerprint density at radius 2 is 2.17 bits per heavy atom. The molecule has 0 amide bonds. The van der Waals surface area contributed by atoms with Crippen LogP contribution in [-0.2, 0) is 0 Å². The molecule has 1 aromatic heterocycles. The molecule has 0 aliphatic rings. The molecule has 0 bridgehead atoms. The zero-order chi connectivity index (χ0) is 13.9. The van der Waals surface area contributed by atoms with E-state index in [9.17, 15) is 23.3 Å². The molecule has 0 fully saturated rings. The van der Waals surface area contributed by atoms with Gasteiger partial charge in [0.05, 0.1) is 4.92 Å². The Morgan fingerprint density at radius 1 is 1.56 bits per heavy atom. The van der Waals surface area contributed by atoms with E-state index in [1.165, 1.54) is 6.92 Å². The number of nitro groups is 1. The second-order valence-electron chi connectivity index (χ2n) is 3.23. The molecular weight excluding hydrogens is 277 g/mol. The summed E-state index contributed by atoms with van der Waals surface area (Å²) in [6.07, 6.45) is -3.72. The molecule has 6 nitrogen and oxygen atoms in total. The molecule has 0 aromatic carbocycles. The average Bonchev–Trinajstić information content (AvgIpc) is 2.24. The van der Waals surface area contributed by atoms with E-state index in [0.717, 1.165) is 6.20 Å². The van der Waals surface area contributed by atoms with Gasteiger partial charge in [-0.3, -0.25) is 10.1 Å². The first kappa shape index (κ1) is 14.4. The van der Waals surface area contributed by atoms with E-state index in [-0.39, 0.29) is 11.8 Å². The molecule has 0 aliphatic carbocycles. The molecule has 0 aliphatic heterocycles. The van der Waals surface area contributed by atoms with Gasteiger partial charge < -0.3 is 4.90 Å². The molecule has 0 atom stereocenters. The third-order valence-corrected chi connectivity index (χ3v) is 2.15. The SMILES string of the molecule is CCN(CC(F)(F)F)c1nc(Cl)ncc1[N+](=O)[O-]. The van der Waals surface area contributed by atoms with Crippen molar-refractivity contribution in [2.24, 2.45) is 0 Å². The Labute approximate surface area is 105 Å². The van der Waals surface area contributed by atoms with Crippen molar-refractivity contribution in [3.05, 3.63) is 21.6 Å². The van der Waals surface area contributed by atoms with Crippen LogP contribution in [-0.4, -0.2) is 34.2 Å². The minimum Gasteiger partial charge on any atom is -0.342 e. The zero-order valence-corrected chi connectivity index (χ0v) is 9.86. The topological polar surface area (TPSA) is 72.2 Å². The summed E-state index contributed by atoms with van der Waals surface area (Å²) in [5.74, 6) is -0.445. The van der Waals surface area contributed by atoms with Crippen LogP contribution in [0.2, 0.25) is 5.28 Å². The van der Waals surface area contributed by atoms with Crippen LogP contribution in [0.3, 0.4) is 0 Å². The lowest BCUT2D eigenvalue weighted by Crippen LogP contribution is -2.35. The van der Waals surface area contributed by atoms with Crippen LogP contribution in [0.15, 0.2) is 6.20 Å². The molecular formula is C8H8ClF3N4O2. The third kappa shape index (κ3) is 3.69. The highest BCUT2D eigenvalue weighted by atomic mass is 35.5. The van der Waals surface area contributed by atoms with Crippen LogP contribution in [0.5, 0.6) is 0 Å². The van der Waals surface area contributed by atoms with Gasteiger partial charge in [0.2, 0.25) is 11.1 Å². The molecule has 0 spiro atoms. The maximum absolute atomic E-state index is 12.3. The number of aromatic nitrogens is 2. The molecule has 1 rings (SSSR count). The third-order valence-electron chi connectivity index (χ3n) is 1.97. The summed E-state index contributed by atoms with van der Waals surface area (Å²) in [5, 5.41) is 10.3. The van der Waals surface area contributed by atoms with Crippen molar-refractivity contribution in [3.8, 4) is 0 Å². The maximum atomic E-state index is 12.3. The lowest BCUT2D eigenvalue weighted by atomic mass is 10.4. The Balaban J connectivity index is 3.19. The van der Waals surface area contributed by atoms with Crippen molar-refractivity contribution in [2.45, 2.75) is 13.1 Å². The second-order valence-corrected chi connectivity index (χ2v) is 3.57. The summed E-state index contributed by atoms with van der Waals surface area (Å²) in [5.41, 5.74) is -0.620. The number of hydrogen-bond acceptors (Lipinski definition) is 5. The summed E-state index contributed by atoms with van der Waals surface area (Å²) >= 11 is 5.44. The van der Waals surface area contributed by atoms with Gasteiger partial charge in [-0.15, -0.1) is 0 Å². The minimum absolute atomic E-state index is 0.103. The first-order valence-corrected chi connectivity index (χ1v) is 5.11. The van der Waals surface area contributed by atoms with E-state index in [1.54, 1.807) is 0 Å². The smallest absolute Gasteiger partial charge is 0.342 e. The van der Waals surface area contributed by atoms with Crippen molar-refractivity contribution in [1.82, 2.24) is 9.97 Å². The Kier molecular flexibility index (Phi) is 4.28. The molecule has 0 saturated carbocycles. The van der Waals surface area contributed by atoms with Gasteiger partial charge in [0.1, 0.15) is 12.7 Å². The van der Waals surface area contributed by atoms with Crippen molar-refractivity contribution in [2.75, 3.05) is 18.0 Å². The second kappa shape index (κ2) is 5.34. The van der Waals surface area contributed by atoms with Crippen molar-refractivity contribution >= 4 is 23.1 Å². The van der Waals surface area contributed by atoms with Gasteiger partial charge in [0.25, 0.3) is 0 Å². The van der Waals surface area contributed by atoms with E-state index in [2.05, 4.69) is 9.97 Å². The monoisotopic (exact) mass is 284 g/mol. The van der Waals surface area contributed by atoms with Crippen molar-refractivity contribution < 1.29 is 18.1 Å². The number of hydrogen-bond donors (Lipinski definition) is 0. The number of nitrogens with zero attached hydrogens (tertiary/aromatic N) is 4. The van der Waals surface area contributed by atoms with E-state index in [4.69, 9.17) is 11.6 Å². The fourth-order valence-corrected chi connectivity index (χ4v) is 1.39. The molecule has 0 N–H and O–H groups in total. The molecule has 0 radical (unpaired) electrons. The number of alkyl halides is 3. The van der Waals surface area contributed by atoms with Crippen molar-refractivity contribution in [3.63, 3.8) is 0 Å². The molecule has 0 saturated heterocycles. The minimum atomic E-state index is -4.50. The lowest BCUT2D eigenvalue weighted by molar-refractivity contribution is -0.384. The predicted molar refractivity (Wildman–Crippen MR) is 57.6 cm³/mol. The van der Waals surface area contributed by atoms with Crippen LogP contribution in [0.25, 0.3) is 0 Å². The number of halogens is 4. The lowest BCUT2D eigenvalue weighted by Gasteiger charge is -2.22. The molecule has 1 aromatic rings. The fourth-order valence-electron chi connectivity index (χ4n) is 1.26. The normalized spacial score (nSPS) is 11.4. The molecule has 10 heteroatoms. The van der Waals surface area contributed by atoms with Gasteiger partial charge in [-0.25, -0.2) is 4.98 Å². The summed E-state index contributed by atoms with van der Waals surface area (Å²) in [4.78, 5) is 17.4. The Bertz CT molecular complexity index is 454. The maximum Gasteiger partial charge on any atom is 0.405 e. The van der Waals surface area contributed by atoms with Crippen molar-refractivity contribution in [1.29, 1.82) is 0 Å². The standard InChI is InChI=1S/C8H8ClF3N4O2/c1-2-15(4-8(10,11)12)6-5(16(17)18)3-13-7(9)14-6/h3H,2,4H2,1H3. The Morgan fingerprint density at radius 3 is 2.61 bits per heavy atom. The van der Waals surface area contributed by atoms with Gasteiger partial charge in [-0.2, -0.15) is 18.2 Å². The quantitative estimate of drug-likeness (QED) is 0.482. The highest BCUT2D eigenvalue weighted by molar-refractivity contribution is 6.28. The highest BCUT2D eigenvalue weighted by Gasteiger charge is 2.33. The molecule has 1 heterocycles. The van der Waals surface area contributed by atoms with Crippen LogP contribution in [0.1, 0.15) is 6.92 Å². The van der Waals surface area contributed by atoms with Gasteiger partial charge in [-0.05, 0) is 18.5 Å². The molecule has 0 unspecified atom stereocenters. The number of rotatable bonds is 4. The Hall–Kier alpha value is -1.64. The van der Waals surface area contributed by atoms with Crippen LogP contribution < -0.4 is 4.90 Å². The first-order valence-electron chi connectivity index (χ1n) is 4.73. The molecule has 100 valence electrons. The first-order chi connectivity index (χ1) is 8.24. The average molecular weight is 285 g/mol. The van der Waals surface area contributed by atoms with E-state index in [0.29, 0.717) is 4.90 Å².